The normalized spacial score (nSPS) is 21.8. The number of nitrogens with two attached hydrogens (primary N) is 1. The number of carbonyl (C=O) groups is 4. The molecule has 3 fully saturated rings. The topological polar surface area (TPSA) is 214 Å². The van der Waals surface area contributed by atoms with E-state index in [1.807, 2.05) is 51.2 Å². The predicted molar refractivity (Wildman–Crippen MR) is 308 cm³/mol. The van der Waals surface area contributed by atoms with E-state index in [4.69, 9.17) is 24.9 Å². The lowest BCUT2D eigenvalue weighted by Gasteiger charge is -2.37. The third kappa shape index (κ3) is 12.7. The number of nitrogens with zero attached hydrogens (tertiary/aromatic N) is 5. The molecule has 3 aromatic carbocycles. The number of likely N-dealkylation sites (N-methyl/N-ethyl adjacent to an activating group) is 1. The quantitative estimate of drug-likeness (QED) is 0.0478. The summed E-state index contributed by atoms with van der Waals surface area (Å²) >= 11 is 0. The van der Waals surface area contributed by atoms with Crippen molar-refractivity contribution in [1.82, 2.24) is 35.1 Å². The van der Waals surface area contributed by atoms with E-state index >= 15 is 0 Å². The Hall–Kier alpha value is -6.81. The molecule has 426 valence electrons. The number of esters is 1. The Morgan fingerprint density at radius 3 is 2.48 bits per heavy atom. The SMILES string of the molecule is CCn1c(-c2cc(C#CCN3CCC(CO)CC3)cnc2[C@H](C)OC)c2c3cc(ccc31)-c1cc(O)cc(c1)C[C@H](NC(=O)[C@H](C(C)C)N(C)C(=O)[C@@H]1OCC[C@@H]1c1ccc(N)cc1)C(=O)N1CCC[C@H](N1)C(=O)OCC(C)(C)C2. The molecular weight excluding hydrogens is 1010 g/mol. The number of rotatable bonds is 12. The number of phenols is 1. The lowest BCUT2D eigenvalue weighted by Crippen LogP contribution is -2.62. The second-order valence-electron chi connectivity index (χ2n) is 23.4. The summed E-state index contributed by atoms with van der Waals surface area (Å²) in [6.45, 7) is 15.9. The van der Waals surface area contributed by atoms with Crippen molar-refractivity contribution in [3.05, 3.63) is 101 Å². The molecule has 17 heteroatoms. The van der Waals surface area contributed by atoms with Gasteiger partial charge in [0.1, 0.15) is 30.0 Å². The summed E-state index contributed by atoms with van der Waals surface area (Å²) in [5, 5.41) is 26.6. The predicted octanol–water partition coefficient (Wildman–Crippen LogP) is 7.15. The van der Waals surface area contributed by atoms with E-state index < -0.39 is 47.4 Å². The van der Waals surface area contributed by atoms with Crippen LogP contribution in [0.25, 0.3) is 33.3 Å². The molecule has 0 spiro atoms. The number of aliphatic hydroxyl groups is 1. The lowest BCUT2D eigenvalue weighted by atomic mass is 9.84. The van der Waals surface area contributed by atoms with Crippen LogP contribution in [-0.4, -0.2) is 143 Å². The van der Waals surface area contributed by atoms with Crippen molar-refractivity contribution in [3.8, 4) is 40.0 Å². The molecule has 3 saturated heterocycles. The fraction of sp³-hybridized carbons (Fsp3) is 0.508. The maximum absolute atomic E-state index is 15.0. The molecule has 9 rings (SSSR count). The van der Waals surface area contributed by atoms with Crippen LogP contribution in [0, 0.1) is 29.1 Å². The molecule has 80 heavy (non-hydrogen) atoms. The van der Waals surface area contributed by atoms with Gasteiger partial charge in [-0.25, -0.2) is 5.43 Å². The number of aryl methyl sites for hydroxylation is 1. The van der Waals surface area contributed by atoms with Gasteiger partial charge in [0.25, 0.3) is 11.8 Å². The fourth-order valence-corrected chi connectivity index (χ4v) is 12.2. The number of benzene rings is 3. The number of cyclic esters (lactones) is 1. The van der Waals surface area contributed by atoms with Crippen LogP contribution in [0.1, 0.15) is 114 Å². The van der Waals surface area contributed by atoms with Gasteiger partial charge in [0, 0.05) is 92.1 Å². The molecule has 4 aliphatic rings. The van der Waals surface area contributed by atoms with Crippen LogP contribution in [0.5, 0.6) is 5.75 Å². The van der Waals surface area contributed by atoms with Crippen molar-refractivity contribution >= 4 is 40.3 Å². The summed E-state index contributed by atoms with van der Waals surface area (Å²) in [5.74, 6) is 4.66. The Balaban J connectivity index is 1.10. The van der Waals surface area contributed by atoms with Crippen molar-refractivity contribution in [2.24, 2.45) is 17.3 Å². The van der Waals surface area contributed by atoms with Crippen LogP contribution in [0.2, 0.25) is 0 Å². The minimum absolute atomic E-state index is 0.0222. The average Bonchev–Trinajstić information content (AvgIpc) is 4.07. The number of hydrazine groups is 1. The van der Waals surface area contributed by atoms with Gasteiger partial charge >= 0.3 is 5.97 Å². The first-order valence-corrected chi connectivity index (χ1v) is 28.5. The number of hydrogen-bond donors (Lipinski definition) is 5. The molecule has 3 amide bonds. The van der Waals surface area contributed by atoms with Crippen LogP contribution < -0.4 is 16.5 Å². The highest BCUT2D eigenvalue weighted by atomic mass is 16.5. The molecule has 5 aromatic rings. The highest BCUT2D eigenvalue weighted by Gasteiger charge is 2.42. The fourth-order valence-electron chi connectivity index (χ4n) is 12.2. The largest absolute Gasteiger partial charge is 0.508 e. The maximum Gasteiger partial charge on any atom is 0.324 e. The Morgan fingerprint density at radius 1 is 1.00 bits per heavy atom. The van der Waals surface area contributed by atoms with Crippen molar-refractivity contribution < 1.29 is 43.6 Å². The van der Waals surface area contributed by atoms with Crippen molar-refractivity contribution in [2.45, 2.75) is 129 Å². The molecule has 6 atom stereocenters. The minimum Gasteiger partial charge on any atom is -0.508 e. The van der Waals surface area contributed by atoms with Crippen molar-refractivity contribution in [3.63, 3.8) is 0 Å². The molecule has 0 unspecified atom stereocenters. The van der Waals surface area contributed by atoms with Crippen LogP contribution >= 0.6 is 0 Å². The number of amides is 3. The third-order valence-corrected chi connectivity index (χ3v) is 16.6. The molecule has 4 aliphatic heterocycles. The number of anilines is 1. The average molecular weight is 1090 g/mol. The molecule has 0 radical (unpaired) electrons. The van der Waals surface area contributed by atoms with Crippen molar-refractivity contribution in [1.29, 1.82) is 0 Å². The van der Waals surface area contributed by atoms with Crippen LogP contribution in [0.15, 0.2) is 72.9 Å². The van der Waals surface area contributed by atoms with E-state index in [1.54, 1.807) is 38.4 Å². The van der Waals surface area contributed by atoms with Gasteiger partial charge in [-0.15, -0.1) is 0 Å². The number of fused-ring (bicyclic) bond motifs is 6. The minimum atomic E-state index is -1.19. The summed E-state index contributed by atoms with van der Waals surface area (Å²) in [4.78, 5) is 67.2. The van der Waals surface area contributed by atoms with Gasteiger partial charge in [0.2, 0.25) is 5.91 Å². The summed E-state index contributed by atoms with van der Waals surface area (Å²) < 4.78 is 20.6. The first kappa shape index (κ1) is 57.9. The van der Waals surface area contributed by atoms with E-state index in [2.05, 4.69) is 71.0 Å². The van der Waals surface area contributed by atoms with Gasteiger partial charge < -0.3 is 44.9 Å². The number of ether oxygens (including phenoxy) is 3. The first-order chi connectivity index (χ1) is 38.4. The van der Waals surface area contributed by atoms with Gasteiger partial charge in [0.15, 0.2) is 0 Å². The van der Waals surface area contributed by atoms with E-state index in [0.717, 1.165) is 76.0 Å². The lowest BCUT2D eigenvalue weighted by molar-refractivity contribution is -0.155. The monoisotopic (exact) mass is 1090 g/mol. The smallest absolute Gasteiger partial charge is 0.324 e. The zero-order valence-electron chi connectivity index (χ0n) is 47.7. The summed E-state index contributed by atoms with van der Waals surface area (Å²) in [5.41, 5.74) is 17.5. The number of hydrogen-bond acceptors (Lipinski definition) is 13. The van der Waals surface area contributed by atoms with Gasteiger partial charge in [-0.3, -0.25) is 34.1 Å². The number of aromatic hydroxyl groups is 1. The van der Waals surface area contributed by atoms with Crippen molar-refractivity contribution in [2.75, 3.05) is 65.9 Å². The van der Waals surface area contributed by atoms with Gasteiger partial charge in [-0.2, -0.15) is 0 Å². The first-order valence-electron chi connectivity index (χ1n) is 28.5. The molecule has 0 saturated carbocycles. The Bertz CT molecular complexity index is 3140. The highest BCUT2D eigenvalue weighted by molar-refractivity contribution is 5.96. The molecule has 17 nitrogen and oxygen atoms in total. The molecule has 6 heterocycles. The number of phenolic OH excluding ortho intramolecular Hbond substituents is 1. The van der Waals surface area contributed by atoms with Crippen LogP contribution in [0.4, 0.5) is 5.69 Å². The summed E-state index contributed by atoms with van der Waals surface area (Å²) in [7, 11) is 3.27. The molecule has 0 aliphatic carbocycles. The number of nitrogen functional groups attached to an aromatic ring is 1. The number of pyridine rings is 1. The van der Waals surface area contributed by atoms with Gasteiger partial charge in [0.05, 0.1) is 30.6 Å². The number of likely N-dealkylation sites (tertiary alicyclic amines) is 1. The Labute approximate surface area is 470 Å². The molecule has 6 N–H and O–H groups in total. The zero-order chi connectivity index (χ0) is 57.0. The van der Waals surface area contributed by atoms with E-state index in [0.29, 0.717) is 68.1 Å². The van der Waals surface area contributed by atoms with E-state index in [1.165, 1.54) is 9.91 Å². The molecular formula is C63H80N8O9. The Kier molecular flexibility index (Phi) is 18.0. The second-order valence-corrected chi connectivity index (χ2v) is 23.4. The molecule has 2 aromatic heterocycles. The number of piperidine rings is 1. The molecule has 6 bridgehead atoms. The number of methoxy groups -OCH3 is 1. The number of nitrogens with one attached hydrogen (secondary N) is 2. The van der Waals surface area contributed by atoms with E-state index in [-0.39, 0.29) is 55.8 Å². The van der Waals surface area contributed by atoms with Crippen LogP contribution in [0.3, 0.4) is 0 Å². The number of aromatic nitrogens is 2. The summed E-state index contributed by atoms with van der Waals surface area (Å²) in [6, 6.07) is 18.0. The summed E-state index contributed by atoms with van der Waals surface area (Å²) in [6.07, 6.45) is 4.52. The third-order valence-electron chi connectivity index (χ3n) is 16.6. The zero-order valence-corrected chi connectivity index (χ0v) is 47.7. The van der Waals surface area contributed by atoms with Gasteiger partial charge in [-0.1, -0.05) is 63.8 Å². The highest BCUT2D eigenvalue weighted by Crippen LogP contribution is 2.43. The second kappa shape index (κ2) is 24.9. The van der Waals surface area contributed by atoms with Gasteiger partial charge in [-0.05, 0) is 148 Å². The van der Waals surface area contributed by atoms with Crippen LogP contribution in [-0.2, 0) is 52.8 Å². The van der Waals surface area contributed by atoms with E-state index in [9.17, 15) is 29.4 Å². The number of carbonyl (C=O) groups excluding carboxylic acids is 4. The Morgan fingerprint density at radius 2 is 1.76 bits per heavy atom. The standard InChI is InChI=1S/C63H80N8O9/c1-9-70-54-19-16-44-33-49(54)51(57(70)50-30-41(35-65-55(50)39(4)78-8)12-10-23-69-25-20-40(36-72)21-26-69)34-63(5,6)37-80-62(77)52-13-11-24-71(67-52)60(75)53(31-42-28-45(44)32-47(73)29-42)66-59(74)56(38(2)3)68(7)61(76)58-48(22-27-79-58)43-14-17-46(64)18-15-43/h14-19,28-30,32-33,35,38-40,48,52-53,56,58,67,72-73H,9,11,13,20-27,31,34,36-37,64H2,1-8H3,(H,66,74)/t39-,48+,52-,53-,56-,58+/m0/s1. The number of aliphatic hydroxyl groups excluding tert-OH is 1. The maximum atomic E-state index is 15.0.